The van der Waals surface area contributed by atoms with Crippen LogP contribution in [0.4, 0.5) is 0 Å². The lowest BCUT2D eigenvalue weighted by atomic mass is 9.69. The summed E-state index contributed by atoms with van der Waals surface area (Å²) in [6, 6.07) is 0.436. The van der Waals surface area contributed by atoms with Gasteiger partial charge in [0.15, 0.2) is 0 Å². The monoisotopic (exact) mass is 634 g/mol. The summed E-state index contributed by atoms with van der Waals surface area (Å²) in [5, 5.41) is 0. The van der Waals surface area contributed by atoms with Crippen molar-refractivity contribution < 1.29 is 0 Å². The van der Waals surface area contributed by atoms with Crippen LogP contribution in [0.2, 0.25) is 0 Å². The van der Waals surface area contributed by atoms with Gasteiger partial charge in [0.1, 0.15) is 0 Å². The van der Waals surface area contributed by atoms with Crippen molar-refractivity contribution in [3.05, 3.63) is 24.3 Å². The van der Waals surface area contributed by atoms with E-state index in [2.05, 4.69) is 67.9 Å². The minimum absolute atomic E-state index is 0.436. The van der Waals surface area contributed by atoms with E-state index < -0.39 is 0 Å². The van der Waals surface area contributed by atoms with Crippen molar-refractivity contribution in [3.8, 4) is 12.8 Å². The summed E-state index contributed by atoms with van der Waals surface area (Å²) < 4.78 is 0. The lowest BCUT2D eigenvalue weighted by molar-refractivity contribution is 0.152. The topological polar surface area (TPSA) is 26.0 Å². The Labute approximate surface area is 289 Å². The molecule has 1 saturated carbocycles. The Morgan fingerprint density at radius 3 is 1.69 bits per heavy atom. The predicted molar refractivity (Wildman–Crippen MR) is 215 cm³/mol. The Bertz CT molecular complexity index is 569. The van der Waals surface area contributed by atoms with Gasteiger partial charge in [-0.2, -0.15) is 0 Å². The minimum Gasteiger partial charge on any atom is -0.327 e. The van der Waals surface area contributed by atoms with Gasteiger partial charge in [-0.1, -0.05) is 190 Å². The zero-order valence-corrected chi connectivity index (χ0v) is 34.0. The van der Waals surface area contributed by atoms with Gasteiger partial charge in [0.25, 0.3) is 0 Å². The minimum atomic E-state index is 0.436. The molecule has 0 aromatic heterocycles. The number of unbranched alkanes of at least 4 members (excludes halogenated alkanes) is 8. The Hall–Kier alpha value is -1.00. The molecule has 0 heterocycles. The molecule has 0 aromatic carbocycles. The van der Waals surface area contributed by atoms with Gasteiger partial charge < -0.3 is 5.73 Å². The van der Waals surface area contributed by atoms with Gasteiger partial charge in [-0.05, 0) is 75.5 Å². The van der Waals surface area contributed by atoms with Crippen LogP contribution in [-0.4, -0.2) is 6.04 Å². The van der Waals surface area contributed by atoms with Crippen LogP contribution < -0.4 is 5.73 Å². The molecule has 0 radical (unpaired) electrons. The highest BCUT2D eigenvalue weighted by molar-refractivity contribution is 4.99. The second kappa shape index (κ2) is 45.1. The first kappa shape index (κ1) is 53.5. The van der Waals surface area contributed by atoms with E-state index in [4.69, 9.17) is 5.73 Å². The molecular formula is C44H91N. The van der Waals surface area contributed by atoms with Crippen LogP contribution in [0, 0.1) is 42.4 Å². The highest BCUT2D eigenvalue weighted by Crippen LogP contribution is 2.38. The molecule has 1 heteroatoms. The lowest BCUT2D eigenvalue weighted by Gasteiger charge is -2.39. The number of allylic oxidation sites excluding steroid dienone is 3. The maximum absolute atomic E-state index is 6.51. The normalized spacial score (nSPS) is 19.7. The zero-order chi connectivity index (χ0) is 35.9. The van der Waals surface area contributed by atoms with Crippen LogP contribution in [0.1, 0.15) is 212 Å². The molecule has 272 valence electrons. The number of rotatable bonds is 19. The molecule has 6 atom stereocenters. The van der Waals surface area contributed by atoms with Gasteiger partial charge in [0.2, 0.25) is 0 Å². The average molecular weight is 634 g/mol. The molecule has 0 saturated heterocycles. The summed E-state index contributed by atoms with van der Waals surface area (Å²) in [5.41, 5.74) is 8.04. The highest BCUT2D eigenvalue weighted by Gasteiger charge is 2.32. The maximum atomic E-state index is 6.51. The van der Waals surface area contributed by atoms with Crippen molar-refractivity contribution in [2.24, 2.45) is 35.3 Å². The molecule has 1 nitrogen and oxygen atoms in total. The summed E-state index contributed by atoms with van der Waals surface area (Å²) in [7, 11) is 0. The largest absolute Gasteiger partial charge is 0.327 e. The van der Waals surface area contributed by atoms with Crippen molar-refractivity contribution >= 4 is 0 Å². The van der Waals surface area contributed by atoms with Gasteiger partial charge in [0, 0.05) is 6.04 Å². The maximum Gasteiger partial charge on any atom is 0.00931 e. The third kappa shape index (κ3) is 35.7. The van der Waals surface area contributed by atoms with E-state index in [0.29, 0.717) is 17.9 Å². The summed E-state index contributed by atoms with van der Waals surface area (Å²) in [6.07, 6.45) is 38.1. The SMILES string of the molecule is C#C.C/C=C/C.C=C(CCCCCCC)C(C)CC(CCCCCCC)CCC1CC(C)C(N)C(CC)C1.CC.CC.CCC. The fraction of sp³-hybridized carbons (Fsp3) is 0.864. The third-order valence-electron chi connectivity index (χ3n) is 9.08. The zero-order valence-electron chi connectivity index (χ0n) is 34.0. The summed E-state index contributed by atoms with van der Waals surface area (Å²) in [5.74, 6) is 3.97. The fourth-order valence-electron chi connectivity index (χ4n) is 6.26. The van der Waals surface area contributed by atoms with Crippen LogP contribution in [-0.2, 0) is 0 Å². The summed E-state index contributed by atoms with van der Waals surface area (Å²) >= 11 is 0. The Kier molecular flexibility index (Phi) is 53.6. The van der Waals surface area contributed by atoms with Crippen molar-refractivity contribution in [1.82, 2.24) is 0 Å². The molecule has 1 fully saturated rings. The second-order valence-corrected chi connectivity index (χ2v) is 13.0. The van der Waals surface area contributed by atoms with Crippen molar-refractivity contribution in [2.75, 3.05) is 0 Å². The van der Waals surface area contributed by atoms with Gasteiger partial charge in [-0.25, -0.2) is 0 Å². The molecule has 0 aromatic rings. The van der Waals surface area contributed by atoms with E-state index in [-0.39, 0.29) is 0 Å². The van der Waals surface area contributed by atoms with E-state index >= 15 is 0 Å². The van der Waals surface area contributed by atoms with Crippen LogP contribution in [0.25, 0.3) is 0 Å². The Morgan fingerprint density at radius 2 is 1.24 bits per heavy atom. The number of terminal acetylenes is 1. The van der Waals surface area contributed by atoms with Crippen LogP contribution in [0.5, 0.6) is 0 Å². The van der Waals surface area contributed by atoms with Gasteiger partial charge in [-0.3, -0.25) is 0 Å². The van der Waals surface area contributed by atoms with E-state index in [0.717, 1.165) is 17.8 Å². The van der Waals surface area contributed by atoms with Crippen LogP contribution in [0.3, 0.4) is 0 Å². The molecule has 2 N–H and O–H groups in total. The van der Waals surface area contributed by atoms with Gasteiger partial charge in [0.05, 0.1) is 0 Å². The molecule has 6 unspecified atom stereocenters. The van der Waals surface area contributed by atoms with Crippen LogP contribution >= 0.6 is 0 Å². The molecule has 0 aliphatic heterocycles. The standard InChI is InChI=1S/C31H61N.C4H8.C3H8.2C2H6.C2H2/c1-7-10-12-14-16-18-25(4)26(5)22-28(19-17-15-13-11-8-2)20-21-29-23-27(6)31(32)30(9-3)24-29;1-3-4-2;1-3-2;3*1-2/h26-31H,4,7-24,32H2,1-3,5-6H3;3-4H,1-2H3;3H2,1-2H3;2*1-2H3;1-2H/b;4-3+;;;;. The highest BCUT2D eigenvalue weighted by atomic mass is 14.7. The van der Waals surface area contributed by atoms with E-state index in [1.54, 1.807) is 0 Å². The molecular weight excluding hydrogens is 542 g/mol. The number of nitrogens with two attached hydrogens (primary N) is 1. The molecule has 0 bridgehead atoms. The first-order chi connectivity index (χ1) is 21.7. The van der Waals surface area contributed by atoms with E-state index in [1.165, 1.54) is 128 Å². The first-order valence-corrected chi connectivity index (χ1v) is 20.1. The molecule has 45 heavy (non-hydrogen) atoms. The molecule has 0 spiro atoms. The number of hydrogen-bond acceptors (Lipinski definition) is 1. The molecule has 0 amide bonds. The van der Waals surface area contributed by atoms with Crippen molar-refractivity contribution in [3.63, 3.8) is 0 Å². The molecule has 1 aliphatic rings. The number of hydrogen-bond donors (Lipinski definition) is 1. The van der Waals surface area contributed by atoms with Gasteiger partial charge >= 0.3 is 0 Å². The smallest absolute Gasteiger partial charge is 0.00931 e. The third-order valence-corrected chi connectivity index (χ3v) is 9.08. The fourth-order valence-corrected chi connectivity index (χ4v) is 6.26. The molecule has 1 aliphatic carbocycles. The van der Waals surface area contributed by atoms with Gasteiger partial charge in [-0.15, -0.1) is 12.8 Å². The predicted octanol–water partition coefficient (Wildman–Crippen LogP) is 15.4. The second-order valence-electron chi connectivity index (χ2n) is 13.0. The van der Waals surface area contributed by atoms with E-state index in [1.807, 2.05) is 53.7 Å². The van der Waals surface area contributed by atoms with Crippen LogP contribution in [0.15, 0.2) is 24.3 Å². The Morgan fingerprint density at radius 1 is 0.778 bits per heavy atom. The van der Waals surface area contributed by atoms with E-state index in [9.17, 15) is 0 Å². The summed E-state index contributed by atoms with van der Waals surface area (Å²) in [4.78, 5) is 0. The summed E-state index contributed by atoms with van der Waals surface area (Å²) in [6.45, 7) is 32.6. The van der Waals surface area contributed by atoms with Crippen molar-refractivity contribution in [2.45, 2.75) is 218 Å². The average Bonchev–Trinajstić information content (AvgIpc) is 3.07. The van der Waals surface area contributed by atoms with Crippen molar-refractivity contribution in [1.29, 1.82) is 0 Å². The lowest BCUT2D eigenvalue weighted by Crippen LogP contribution is -2.42. The molecule has 1 rings (SSSR count). The Balaban J connectivity index is -0.000000354. The quantitative estimate of drug-likeness (QED) is 0.0854. The first-order valence-electron chi connectivity index (χ1n) is 20.1.